The van der Waals surface area contributed by atoms with Gasteiger partial charge in [-0.25, -0.2) is 0 Å². The lowest BCUT2D eigenvalue weighted by Crippen LogP contribution is -2.15. The maximum Gasteiger partial charge on any atom is 0.0641 e. The molecule has 0 aromatic heterocycles. The van der Waals surface area contributed by atoms with Crippen molar-refractivity contribution in [2.45, 2.75) is 25.8 Å². The number of benzene rings is 1. The Labute approximate surface area is 85.6 Å². The minimum Gasteiger partial charge on any atom is -0.312 e. The Morgan fingerprint density at radius 3 is 2.43 bits per heavy atom. The lowest BCUT2D eigenvalue weighted by atomic mass is 10.0. The molecule has 14 heavy (non-hydrogen) atoms. The zero-order valence-corrected chi connectivity index (χ0v) is 8.75. The SMILES string of the molecule is CCc1ccc(C(CC#N)NC)cc1. The molecule has 1 aromatic carbocycles. The lowest BCUT2D eigenvalue weighted by Gasteiger charge is -2.13. The first-order valence-corrected chi connectivity index (χ1v) is 4.94. The maximum atomic E-state index is 8.64. The van der Waals surface area contributed by atoms with Crippen LogP contribution in [0.1, 0.15) is 30.5 Å². The molecule has 2 nitrogen and oxygen atoms in total. The topological polar surface area (TPSA) is 35.8 Å². The minimum absolute atomic E-state index is 0.158. The third kappa shape index (κ3) is 2.58. The average Bonchev–Trinajstić information content (AvgIpc) is 2.26. The lowest BCUT2D eigenvalue weighted by molar-refractivity contribution is 0.608. The van der Waals surface area contributed by atoms with Crippen LogP contribution in [0.15, 0.2) is 24.3 Å². The molecule has 0 spiro atoms. The summed E-state index contributed by atoms with van der Waals surface area (Å²) in [4.78, 5) is 0. The number of hydrogen-bond acceptors (Lipinski definition) is 2. The van der Waals surface area contributed by atoms with Crippen LogP contribution in [0.3, 0.4) is 0 Å². The van der Waals surface area contributed by atoms with Gasteiger partial charge in [0, 0.05) is 6.04 Å². The molecule has 1 aromatic rings. The van der Waals surface area contributed by atoms with Gasteiger partial charge in [-0.15, -0.1) is 0 Å². The average molecular weight is 188 g/mol. The first-order chi connectivity index (χ1) is 6.81. The molecule has 2 heteroatoms. The molecule has 1 unspecified atom stereocenters. The van der Waals surface area contributed by atoms with E-state index in [1.165, 1.54) is 11.1 Å². The van der Waals surface area contributed by atoms with Crippen LogP contribution in [0.5, 0.6) is 0 Å². The molecule has 0 fully saturated rings. The first-order valence-electron chi connectivity index (χ1n) is 4.94. The van der Waals surface area contributed by atoms with E-state index in [1.807, 2.05) is 7.05 Å². The Kier molecular flexibility index (Phi) is 4.15. The number of hydrogen-bond donors (Lipinski definition) is 1. The van der Waals surface area contributed by atoms with Gasteiger partial charge in [0.05, 0.1) is 12.5 Å². The van der Waals surface area contributed by atoms with E-state index in [0.29, 0.717) is 6.42 Å². The molecule has 1 rings (SSSR count). The van der Waals surface area contributed by atoms with E-state index in [4.69, 9.17) is 5.26 Å². The largest absolute Gasteiger partial charge is 0.312 e. The van der Waals surface area contributed by atoms with Gasteiger partial charge in [0.25, 0.3) is 0 Å². The van der Waals surface area contributed by atoms with Crippen LogP contribution in [-0.4, -0.2) is 7.05 Å². The van der Waals surface area contributed by atoms with Gasteiger partial charge in [-0.2, -0.15) is 5.26 Å². The van der Waals surface area contributed by atoms with Crippen molar-refractivity contribution in [3.05, 3.63) is 35.4 Å². The van der Waals surface area contributed by atoms with E-state index < -0.39 is 0 Å². The summed E-state index contributed by atoms with van der Waals surface area (Å²) in [5.74, 6) is 0. The van der Waals surface area contributed by atoms with Gasteiger partial charge in [0.15, 0.2) is 0 Å². The van der Waals surface area contributed by atoms with Crippen molar-refractivity contribution in [1.29, 1.82) is 5.26 Å². The monoisotopic (exact) mass is 188 g/mol. The van der Waals surface area contributed by atoms with Crippen molar-refractivity contribution in [3.8, 4) is 6.07 Å². The van der Waals surface area contributed by atoms with Crippen molar-refractivity contribution < 1.29 is 0 Å². The van der Waals surface area contributed by atoms with Gasteiger partial charge < -0.3 is 5.32 Å². The number of nitrogens with one attached hydrogen (secondary N) is 1. The van der Waals surface area contributed by atoms with Crippen LogP contribution in [0.2, 0.25) is 0 Å². The summed E-state index contributed by atoms with van der Waals surface area (Å²) in [5.41, 5.74) is 2.52. The third-order valence-corrected chi connectivity index (χ3v) is 2.43. The molecular formula is C12H16N2. The molecule has 0 saturated carbocycles. The van der Waals surface area contributed by atoms with Gasteiger partial charge in [-0.3, -0.25) is 0 Å². The highest BCUT2D eigenvalue weighted by Crippen LogP contribution is 2.16. The minimum atomic E-state index is 0.158. The highest BCUT2D eigenvalue weighted by molar-refractivity contribution is 5.25. The molecule has 0 radical (unpaired) electrons. The highest BCUT2D eigenvalue weighted by atomic mass is 14.9. The van der Waals surface area contributed by atoms with Crippen molar-refractivity contribution in [3.63, 3.8) is 0 Å². The second-order valence-electron chi connectivity index (χ2n) is 3.30. The molecule has 0 aliphatic rings. The normalized spacial score (nSPS) is 12.1. The summed E-state index contributed by atoms with van der Waals surface area (Å²) in [6.45, 7) is 2.14. The van der Waals surface area contributed by atoms with Gasteiger partial charge in [-0.05, 0) is 24.6 Å². The Morgan fingerprint density at radius 1 is 1.36 bits per heavy atom. The van der Waals surface area contributed by atoms with Crippen molar-refractivity contribution in [2.75, 3.05) is 7.05 Å². The summed E-state index contributed by atoms with van der Waals surface area (Å²) in [6, 6.07) is 10.8. The van der Waals surface area contributed by atoms with Crippen LogP contribution in [-0.2, 0) is 6.42 Å². The number of rotatable bonds is 4. The summed E-state index contributed by atoms with van der Waals surface area (Å²) < 4.78 is 0. The molecule has 0 aliphatic carbocycles. The summed E-state index contributed by atoms with van der Waals surface area (Å²) in [7, 11) is 1.88. The Bertz CT molecular complexity index is 308. The second-order valence-corrected chi connectivity index (χ2v) is 3.30. The maximum absolute atomic E-state index is 8.64. The van der Waals surface area contributed by atoms with Crippen LogP contribution in [0.25, 0.3) is 0 Å². The standard InChI is InChI=1S/C12H16N2/c1-3-10-4-6-11(7-5-10)12(14-2)8-9-13/h4-7,12,14H,3,8H2,1-2H3. The van der Waals surface area contributed by atoms with E-state index in [9.17, 15) is 0 Å². The van der Waals surface area contributed by atoms with E-state index in [-0.39, 0.29) is 6.04 Å². The van der Waals surface area contributed by atoms with Gasteiger partial charge in [0.1, 0.15) is 0 Å². The summed E-state index contributed by atoms with van der Waals surface area (Å²) in [5, 5.41) is 11.8. The quantitative estimate of drug-likeness (QED) is 0.787. The van der Waals surface area contributed by atoms with E-state index in [1.54, 1.807) is 0 Å². The predicted octanol–water partition coefficient (Wildman–Crippen LogP) is 2.42. The highest BCUT2D eigenvalue weighted by Gasteiger charge is 2.07. The Hall–Kier alpha value is -1.33. The zero-order valence-electron chi connectivity index (χ0n) is 8.75. The van der Waals surface area contributed by atoms with Crippen molar-refractivity contribution in [2.24, 2.45) is 0 Å². The number of nitrogens with zero attached hydrogens (tertiary/aromatic N) is 1. The number of aryl methyl sites for hydroxylation is 1. The molecule has 1 N–H and O–H groups in total. The smallest absolute Gasteiger partial charge is 0.0641 e. The molecule has 0 saturated heterocycles. The molecular weight excluding hydrogens is 172 g/mol. The summed E-state index contributed by atoms with van der Waals surface area (Å²) >= 11 is 0. The van der Waals surface area contributed by atoms with Crippen LogP contribution < -0.4 is 5.32 Å². The molecule has 74 valence electrons. The van der Waals surface area contributed by atoms with Gasteiger partial charge in [0.2, 0.25) is 0 Å². The van der Waals surface area contributed by atoms with Crippen LogP contribution in [0.4, 0.5) is 0 Å². The third-order valence-electron chi connectivity index (χ3n) is 2.43. The molecule has 0 bridgehead atoms. The van der Waals surface area contributed by atoms with E-state index >= 15 is 0 Å². The Balaban J connectivity index is 2.79. The van der Waals surface area contributed by atoms with E-state index in [2.05, 4.69) is 42.6 Å². The van der Waals surface area contributed by atoms with Gasteiger partial charge >= 0.3 is 0 Å². The van der Waals surface area contributed by atoms with Crippen LogP contribution >= 0.6 is 0 Å². The van der Waals surface area contributed by atoms with Gasteiger partial charge in [-0.1, -0.05) is 31.2 Å². The van der Waals surface area contributed by atoms with Crippen molar-refractivity contribution >= 4 is 0 Å². The fourth-order valence-electron chi connectivity index (χ4n) is 1.46. The molecule has 0 heterocycles. The molecule has 1 atom stereocenters. The zero-order chi connectivity index (χ0) is 10.4. The fourth-order valence-corrected chi connectivity index (χ4v) is 1.46. The fraction of sp³-hybridized carbons (Fsp3) is 0.417. The van der Waals surface area contributed by atoms with Crippen LogP contribution in [0, 0.1) is 11.3 Å². The first kappa shape index (κ1) is 10.7. The predicted molar refractivity (Wildman–Crippen MR) is 57.9 cm³/mol. The number of nitriles is 1. The molecule has 0 aliphatic heterocycles. The van der Waals surface area contributed by atoms with E-state index in [0.717, 1.165) is 6.42 Å². The Morgan fingerprint density at radius 2 is 2.00 bits per heavy atom. The van der Waals surface area contributed by atoms with Crippen molar-refractivity contribution in [1.82, 2.24) is 5.32 Å². The second kappa shape index (κ2) is 5.41. The summed E-state index contributed by atoms with van der Waals surface area (Å²) in [6.07, 6.45) is 1.57. The molecule has 0 amide bonds.